The van der Waals surface area contributed by atoms with E-state index in [1.165, 1.54) is 27.5 Å². The van der Waals surface area contributed by atoms with Gasteiger partial charge in [0, 0.05) is 31.4 Å². The van der Waals surface area contributed by atoms with Crippen LogP contribution in [0.2, 0.25) is 0 Å². The lowest BCUT2D eigenvalue weighted by Crippen LogP contribution is -2.68. The normalized spacial score (nSPS) is 11.3. The number of halogens is 1. The van der Waals surface area contributed by atoms with Crippen LogP contribution in [0.25, 0.3) is 23.4 Å². The third-order valence-electron chi connectivity index (χ3n) is 4.06. The standard InChI is InChI=1S/C21H23N2S.ClHO4/c1-4-23-20(18-8-6-5-7-9-18)16-24-21(23)15-12-17-10-13-19(14-11-17)22(2)3;2-1(3,4)5/h5-16H,4H2,1-3H3;(H,2,3,4,5)/q+1;/p-1. The van der Waals surface area contributed by atoms with Gasteiger partial charge in [0.15, 0.2) is 0 Å². The first kappa shape index (κ1) is 23.0. The number of thiazole rings is 1. The molecule has 3 aromatic rings. The maximum absolute atomic E-state index is 8.49. The minimum atomic E-state index is -4.94. The van der Waals surface area contributed by atoms with Crippen molar-refractivity contribution in [3.63, 3.8) is 0 Å². The smallest absolute Gasteiger partial charge is 0.262 e. The fourth-order valence-electron chi connectivity index (χ4n) is 2.70. The Hall–Kier alpha value is -2.26. The molecule has 2 aromatic carbocycles. The van der Waals surface area contributed by atoms with Crippen molar-refractivity contribution in [1.82, 2.24) is 0 Å². The molecule has 6 nitrogen and oxygen atoms in total. The number of hydrogen-bond donors (Lipinski definition) is 0. The second kappa shape index (κ2) is 10.5. The minimum Gasteiger partial charge on any atom is -0.378 e. The van der Waals surface area contributed by atoms with E-state index in [0.29, 0.717) is 0 Å². The Kier molecular flexibility index (Phi) is 8.33. The van der Waals surface area contributed by atoms with Gasteiger partial charge in [-0.2, -0.15) is 4.57 Å². The Bertz CT molecular complexity index is 914. The van der Waals surface area contributed by atoms with E-state index in [2.05, 4.69) is 103 Å². The molecule has 29 heavy (non-hydrogen) atoms. The molecule has 0 unspecified atom stereocenters. The molecule has 1 aromatic heterocycles. The molecule has 0 aliphatic carbocycles. The highest BCUT2D eigenvalue weighted by Crippen LogP contribution is 2.22. The zero-order chi connectivity index (χ0) is 21.4. The second-order valence-electron chi connectivity index (χ2n) is 6.27. The van der Waals surface area contributed by atoms with Crippen LogP contribution in [-0.2, 0) is 6.54 Å². The van der Waals surface area contributed by atoms with E-state index in [9.17, 15) is 0 Å². The second-order valence-corrected chi connectivity index (χ2v) is 7.91. The fourth-order valence-corrected chi connectivity index (χ4v) is 3.70. The topological polar surface area (TPSA) is 99.4 Å². The van der Waals surface area contributed by atoms with Crippen molar-refractivity contribution in [3.05, 3.63) is 70.5 Å². The van der Waals surface area contributed by atoms with Gasteiger partial charge in [-0.1, -0.05) is 41.7 Å². The van der Waals surface area contributed by atoms with Gasteiger partial charge in [-0.3, -0.25) is 0 Å². The highest BCUT2D eigenvalue weighted by molar-refractivity contribution is 7.10. The summed E-state index contributed by atoms with van der Waals surface area (Å²) >= 11 is 1.79. The van der Waals surface area contributed by atoms with Gasteiger partial charge in [-0.25, -0.2) is 18.6 Å². The maximum Gasteiger partial charge on any atom is 0.262 e. The van der Waals surface area contributed by atoms with Crippen LogP contribution in [0.3, 0.4) is 0 Å². The third-order valence-corrected chi connectivity index (χ3v) is 5.00. The summed E-state index contributed by atoms with van der Waals surface area (Å²) in [4.78, 5) is 2.12. The largest absolute Gasteiger partial charge is 0.378 e. The first-order valence-corrected chi connectivity index (χ1v) is 10.9. The Labute approximate surface area is 177 Å². The first-order valence-electron chi connectivity index (χ1n) is 8.83. The molecule has 1 heterocycles. The maximum atomic E-state index is 8.49. The summed E-state index contributed by atoms with van der Waals surface area (Å²) in [6.45, 7) is 3.16. The van der Waals surface area contributed by atoms with Crippen molar-refractivity contribution < 1.29 is 33.4 Å². The predicted octanol–water partition coefficient (Wildman–Crippen LogP) is 0.203. The van der Waals surface area contributed by atoms with E-state index in [0.717, 1.165) is 6.54 Å². The van der Waals surface area contributed by atoms with Crippen LogP contribution in [0.15, 0.2) is 60.0 Å². The van der Waals surface area contributed by atoms with Crippen molar-refractivity contribution in [2.75, 3.05) is 19.0 Å². The molecule has 0 saturated carbocycles. The number of aromatic nitrogens is 1. The summed E-state index contributed by atoms with van der Waals surface area (Å²) in [6.07, 6.45) is 4.40. The summed E-state index contributed by atoms with van der Waals surface area (Å²) in [5, 5.41) is 3.52. The lowest BCUT2D eigenvalue weighted by atomic mass is 10.1. The molecular formula is C21H23ClN2O4S. The van der Waals surface area contributed by atoms with E-state index >= 15 is 0 Å². The van der Waals surface area contributed by atoms with E-state index in [4.69, 9.17) is 18.6 Å². The van der Waals surface area contributed by atoms with E-state index in [1.807, 2.05) is 0 Å². The summed E-state index contributed by atoms with van der Waals surface area (Å²) in [6, 6.07) is 19.2. The van der Waals surface area contributed by atoms with Crippen LogP contribution < -0.4 is 28.1 Å². The van der Waals surface area contributed by atoms with E-state index < -0.39 is 10.2 Å². The molecule has 154 valence electrons. The molecule has 0 saturated heterocycles. The lowest BCUT2D eigenvalue weighted by Gasteiger charge is -2.17. The van der Waals surface area contributed by atoms with Gasteiger partial charge in [-0.05, 0) is 42.8 Å². The summed E-state index contributed by atoms with van der Waals surface area (Å²) in [5.41, 5.74) is 4.99. The number of hydrogen-bond acceptors (Lipinski definition) is 6. The number of anilines is 1. The number of nitrogens with zero attached hydrogens (tertiary/aromatic N) is 2. The van der Waals surface area contributed by atoms with Crippen LogP contribution in [0.5, 0.6) is 0 Å². The zero-order valence-electron chi connectivity index (χ0n) is 16.4. The molecule has 0 fully saturated rings. The first-order chi connectivity index (χ1) is 13.7. The van der Waals surface area contributed by atoms with Gasteiger partial charge in [0.25, 0.3) is 5.01 Å². The van der Waals surface area contributed by atoms with Crippen LogP contribution >= 0.6 is 11.3 Å². The Morgan fingerprint density at radius 3 is 2.03 bits per heavy atom. The highest BCUT2D eigenvalue weighted by Gasteiger charge is 2.17. The quantitative estimate of drug-likeness (QED) is 0.534. The van der Waals surface area contributed by atoms with Crippen molar-refractivity contribution in [2.24, 2.45) is 0 Å². The van der Waals surface area contributed by atoms with Crippen molar-refractivity contribution in [2.45, 2.75) is 13.5 Å². The molecule has 8 heteroatoms. The van der Waals surface area contributed by atoms with Crippen LogP contribution in [0.1, 0.15) is 17.5 Å². The molecule has 0 N–H and O–H groups in total. The molecule has 3 rings (SSSR count). The van der Waals surface area contributed by atoms with E-state index in [1.54, 1.807) is 11.3 Å². The third kappa shape index (κ3) is 7.58. The molecule has 0 spiro atoms. The van der Waals surface area contributed by atoms with Crippen molar-refractivity contribution in [3.8, 4) is 11.3 Å². The molecule has 0 atom stereocenters. The zero-order valence-corrected chi connectivity index (χ0v) is 18.0. The Morgan fingerprint density at radius 2 is 1.52 bits per heavy atom. The number of rotatable bonds is 5. The van der Waals surface area contributed by atoms with Gasteiger partial charge in [-0.15, -0.1) is 10.2 Å². The highest BCUT2D eigenvalue weighted by atomic mass is 35.7. The Morgan fingerprint density at radius 1 is 0.931 bits per heavy atom. The number of benzene rings is 2. The van der Waals surface area contributed by atoms with E-state index in [-0.39, 0.29) is 0 Å². The van der Waals surface area contributed by atoms with Gasteiger partial charge in [0.1, 0.15) is 6.54 Å². The molecule has 0 aliphatic heterocycles. The van der Waals surface area contributed by atoms with Crippen molar-refractivity contribution in [1.29, 1.82) is 0 Å². The van der Waals surface area contributed by atoms with Crippen LogP contribution in [-0.4, -0.2) is 14.1 Å². The van der Waals surface area contributed by atoms with Crippen molar-refractivity contribution >= 4 is 29.2 Å². The van der Waals surface area contributed by atoms with Gasteiger partial charge < -0.3 is 4.90 Å². The summed E-state index contributed by atoms with van der Waals surface area (Å²) < 4.78 is 36.3. The van der Waals surface area contributed by atoms with Gasteiger partial charge in [0.05, 0.1) is 5.38 Å². The molecule has 0 amide bonds. The molecule has 0 bridgehead atoms. The molecule has 0 radical (unpaired) electrons. The summed E-state index contributed by atoms with van der Waals surface area (Å²) in [7, 11) is -0.822. The fraction of sp³-hybridized carbons (Fsp3) is 0.190. The average molecular weight is 435 g/mol. The van der Waals surface area contributed by atoms with Gasteiger partial charge >= 0.3 is 0 Å². The van der Waals surface area contributed by atoms with Crippen LogP contribution in [0, 0.1) is 10.2 Å². The van der Waals surface area contributed by atoms with Crippen LogP contribution in [0.4, 0.5) is 5.69 Å². The average Bonchev–Trinajstić information content (AvgIpc) is 3.09. The lowest BCUT2D eigenvalue weighted by molar-refractivity contribution is -2.00. The van der Waals surface area contributed by atoms with Gasteiger partial charge in [0.2, 0.25) is 5.69 Å². The Balaban J connectivity index is 0.000000537. The predicted molar refractivity (Wildman–Crippen MR) is 105 cm³/mol. The SMILES string of the molecule is CC[n+]1c(-c2ccccc2)csc1/C=C/c1ccc(N(C)C)cc1.[O-][Cl+3]([O-])([O-])[O-]. The molecule has 0 aliphatic rings. The monoisotopic (exact) mass is 434 g/mol. The molecular weight excluding hydrogens is 412 g/mol. The summed E-state index contributed by atoms with van der Waals surface area (Å²) in [5.74, 6) is 0. The minimum absolute atomic E-state index is 0.965.